The highest BCUT2D eigenvalue weighted by atomic mass is 32.2. The van der Waals surface area contributed by atoms with E-state index in [9.17, 15) is 18.3 Å². The number of nitrogens with zero attached hydrogens (tertiary/aromatic N) is 1. The molecule has 1 aliphatic heterocycles. The lowest BCUT2D eigenvalue weighted by molar-refractivity contribution is -0.268. The minimum absolute atomic E-state index is 0.0194. The summed E-state index contributed by atoms with van der Waals surface area (Å²) < 4.78 is 42.7. The molecule has 5 aromatic carbocycles. The van der Waals surface area contributed by atoms with E-state index in [1.807, 2.05) is 128 Å². The molecule has 1 aliphatic rings. The molecule has 0 radical (unpaired) electrons. The van der Waals surface area contributed by atoms with Gasteiger partial charge < -0.3 is 19.9 Å². The van der Waals surface area contributed by atoms with E-state index in [2.05, 4.69) is 21.9 Å². The Labute approximate surface area is 344 Å². The molecule has 3 N–H and O–H groups in total. The predicted octanol–water partition coefficient (Wildman–Crippen LogP) is 8.34. The lowest BCUT2D eigenvalue weighted by Crippen LogP contribution is -2.47. The van der Waals surface area contributed by atoms with E-state index in [0.717, 1.165) is 49.5 Å². The van der Waals surface area contributed by atoms with E-state index in [4.69, 9.17) is 9.47 Å². The maximum Gasteiger partial charge on any atom is 0.241 e. The van der Waals surface area contributed by atoms with Gasteiger partial charge in [-0.3, -0.25) is 4.79 Å². The maximum absolute atomic E-state index is 13.6. The van der Waals surface area contributed by atoms with Gasteiger partial charge in [-0.05, 0) is 77.1 Å². The Kier molecular flexibility index (Phi) is 13.5. The van der Waals surface area contributed by atoms with Gasteiger partial charge in [0.05, 0.1) is 28.7 Å². The van der Waals surface area contributed by atoms with E-state index >= 15 is 0 Å². The molecule has 0 spiro atoms. The number of sulfonamides is 1. The van der Waals surface area contributed by atoms with E-state index in [1.165, 1.54) is 0 Å². The number of hydrogen-bond donors (Lipinski definition) is 3. The van der Waals surface area contributed by atoms with Crippen LogP contribution in [0.3, 0.4) is 0 Å². The molecule has 11 heteroatoms. The number of pyridine rings is 1. The third-order valence-corrected chi connectivity index (χ3v) is 12.8. The first-order valence-electron chi connectivity index (χ1n) is 19.3. The van der Waals surface area contributed by atoms with Crippen LogP contribution in [0, 0.1) is 12.8 Å². The molecule has 2 heterocycles. The standard InChI is InChI=1S/C47H47N3O6S2/c1-32-14-24-41(25-15-32)58(53,54)50-42(28-34-9-4-3-5-10-34)46(52)49-29-36-11-8-12-40(27-36)37-20-22-39(23-21-37)47-55-43(31-57-44-13-6-7-26-48-44)33(2)45(56-47)38-18-16-35(30-51)17-19-38/h3-27,33,42-43,45,47,50-51H,28-31H2,1-2H3,(H,49,52)/t33-,42+,43+,45+,47+/m0/s1. The molecule has 0 saturated carbocycles. The second-order valence-corrected chi connectivity index (χ2v) is 17.3. The van der Waals surface area contributed by atoms with Crippen LogP contribution < -0.4 is 10.0 Å². The first-order valence-corrected chi connectivity index (χ1v) is 21.8. The van der Waals surface area contributed by atoms with Crippen LogP contribution in [-0.2, 0) is 43.9 Å². The summed E-state index contributed by atoms with van der Waals surface area (Å²) in [5.41, 5.74) is 7.35. The van der Waals surface area contributed by atoms with E-state index < -0.39 is 28.3 Å². The molecule has 1 amide bonds. The molecule has 58 heavy (non-hydrogen) atoms. The maximum atomic E-state index is 13.6. The van der Waals surface area contributed by atoms with Crippen LogP contribution >= 0.6 is 11.8 Å². The summed E-state index contributed by atoms with van der Waals surface area (Å²) in [7, 11) is -3.96. The Hall–Kier alpha value is -5.14. The first kappa shape index (κ1) is 41.0. The Balaban J connectivity index is 1.04. The third kappa shape index (κ3) is 10.5. The molecule has 9 nitrogen and oxygen atoms in total. The molecular weight excluding hydrogens is 767 g/mol. The number of aliphatic hydroxyl groups excluding tert-OH is 1. The largest absolute Gasteiger partial charge is 0.392 e. The Morgan fingerprint density at radius 1 is 0.776 bits per heavy atom. The van der Waals surface area contributed by atoms with Crippen molar-refractivity contribution in [1.82, 2.24) is 15.0 Å². The molecule has 1 saturated heterocycles. The SMILES string of the molecule is Cc1ccc(S(=O)(=O)N[C@H](Cc2ccccc2)C(=O)NCc2cccc(-c3ccc([C@@H]4O[C@H](CSc5ccccn5)[C@H](C)[C@H](c5ccc(CO)cc5)O4)cc3)c2)cc1. The summed E-state index contributed by atoms with van der Waals surface area (Å²) in [5, 5.41) is 13.5. The molecule has 0 aliphatic carbocycles. The van der Waals surface area contributed by atoms with Crippen molar-refractivity contribution in [1.29, 1.82) is 0 Å². The number of rotatable bonds is 15. The van der Waals surface area contributed by atoms with Crippen LogP contribution in [0.15, 0.2) is 162 Å². The second-order valence-electron chi connectivity index (χ2n) is 14.5. The van der Waals surface area contributed by atoms with Crippen LogP contribution in [0.2, 0.25) is 0 Å². The van der Waals surface area contributed by atoms with Gasteiger partial charge in [0, 0.05) is 30.0 Å². The molecular formula is C47H47N3O6S2. The number of benzene rings is 5. The molecule has 1 fully saturated rings. The minimum atomic E-state index is -3.96. The van der Waals surface area contributed by atoms with Gasteiger partial charge in [-0.2, -0.15) is 4.72 Å². The minimum Gasteiger partial charge on any atom is -0.392 e. The van der Waals surface area contributed by atoms with Gasteiger partial charge in [0.25, 0.3) is 0 Å². The van der Waals surface area contributed by atoms with Gasteiger partial charge in [-0.1, -0.05) is 128 Å². The predicted molar refractivity (Wildman–Crippen MR) is 227 cm³/mol. The normalized spacial score (nSPS) is 18.7. The zero-order valence-corrected chi connectivity index (χ0v) is 34.0. The fourth-order valence-electron chi connectivity index (χ4n) is 6.93. The number of aryl methyl sites for hydroxylation is 1. The molecule has 5 atom stereocenters. The first-order chi connectivity index (χ1) is 28.1. The number of thioether (sulfide) groups is 1. The summed E-state index contributed by atoms with van der Waals surface area (Å²) in [6.45, 7) is 4.23. The lowest BCUT2D eigenvalue weighted by atomic mass is 9.91. The molecule has 1 aromatic heterocycles. The topological polar surface area (TPSA) is 127 Å². The highest BCUT2D eigenvalue weighted by Gasteiger charge is 2.38. The van der Waals surface area contributed by atoms with Gasteiger partial charge >= 0.3 is 0 Å². The monoisotopic (exact) mass is 813 g/mol. The van der Waals surface area contributed by atoms with E-state index in [1.54, 1.807) is 42.2 Å². The second kappa shape index (κ2) is 19.1. The van der Waals surface area contributed by atoms with E-state index in [-0.39, 0.29) is 42.6 Å². The smallest absolute Gasteiger partial charge is 0.241 e. The van der Waals surface area contributed by atoms with Crippen molar-refractivity contribution in [3.8, 4) is 11.1 Å². The number of carbonyl (C=O) groups excluding carboxylic acids is 1. The van der Waals surface area contributed by atoms with Crippen molar-refractivity contribution in [2.75, 3.05) is 5.75 Å². The van der Waals surface area contributed by atoms with E-state index in [0.29, 0.717) is 5.75 Å². The quantitative estimate of drug-likeness (QED) is 0.0884. The Morgan fingerprint density at radius 2 is 1.48 bits per heavy atom. The fourth-order valence-corrected chi connectivity index (χ4v) is 9.15. The zero-order chi connectivity index (χ0) is 40.5. The van der Waals surface area contributed by atoms with Crippen LogP contribution in [0.25, 0.3) is 11.1 Å². The summed E-state index contributed by atoms with van der Waals surface area (Å²) in [4.78, 5) is 18.2. The molecule has 298 valence electrons. The molecule has 0 unspecified atom stereocenters. The average Bonchev–Trinajstić information content (AvgIpc) is 3.26. The van der Waals surface area contributed by atoms with Crippen molar-refractivity contribution in [2.24, 2.45) is 5.92 Å². The number of amides is 1. The zero-order valence-electron chi connectivity index (χ0n) is 32.4. The van der Waals surface area contributed by atoms with Crippen LogP contribution in [0.5, 0.6) is 0 Å². The summed E-state index contributed by atoms with van der Waals surface area (Å²) in [5.74, 6) is 0.337. The number of ether oxygens (including phenoxy) is 2. The van der Waals surface area contributed by atoms with Gasteiger partial charge in [0.15, 0.2) is 6.29 Å². The van der Waals surface area contributed by atoms with Crippen molar-refractivity contribution >= 4 is 27.7 Å². The molecule has 6 aromatic rings. The van der Waals surface area contributed by atoms with Crippen molar-refractivity contribution < 1.29 is 27.8 Å². The van der Waals surface area contributed by atoms with Gasteiger partial charge in [0.2, 0.25) is 15.9 Å². The van der Waals surface area contributed by atoms with Crippen LogP contribution in [0.1, 0.15) is 52.7 Å². The van der Waals surface area contributed by atoms with Gasteiger partial charge in [0.1, 0.15) is 6.04 Å². The highest BCUT2D eigenvalue weighted by Crippen LogP contribution is 2.43. The number of nitrogens with one attached hydrogen (secondary N) is 2. The summed E-state index contributed by atoms with van der Waals surface area (Å²) in [6, 6.07) is 44.7. The molecule has 7 rings (SSSR count). The number of hydrogen-bond acceptors (Lipinski definition) is 8. The van der Waals surface area contributed by atoms with Crippen molar-refractivity contribution in [3.05, 3.63) is 185 Å². The Bertz CT molecular complexity index is 2360. The summed E-state index contributed by atoms with van der Waals surface area (Å²) >= 11 is 1.66. The van der Waals surface area contributed by atoms with Crippen molar-refractivity contribution in [2.45, 2.75) is 67.9 Å². The number of carbonyl (C=O) groups is 1. The lowest BCUT2D eigenvalue weighted by Gasteiger charge is -2.41. The fraction of sp³-hybridized carbons (Fsp3) is 0.234. The molecule has 0 bridgehead atoms. The summed E-state index contributed by atoms with van der Waals surface area (Å²) in [6.07, 6.45) is 1.04. The van der Waals surface area contributed by atoms with Crippen LogP contribution in [-0.4, -0.2) is 42.3 Å². The number of aromatic nitrogens is 1. The van der Waals surface area contributed by atoms with Gasteiger partial charge in [-0.15, -0.1) is 11.8 Å². The van der Waals surface area contributed by atoms with Crippen molar-refractivity contribution in [3.63, 3.8) is 0 Å². The third-order valence-electron chi connectivity index (χ3n) is 10.3. The van der Waals surface area contributed by atoms with Gasteiger partial charge in [-0.25, -0.2) is 13.4 Å². The number of aliphatic hydroxyl groups is 1. The average molecular weight is 814 g/mol. The highest BCUT2D eigenvalue weighted by molar-refractivity contribution is 7.99. The van der Waals surface area contributed by atoms with Crippen LogP contribution in [0.4, 0.5) is 0 Å². The Morgan fingerprint density at radius 3 is 2.19 bits per heavy atom.